The maximum absolute atomic E-state index is 11.8. The van der Waals surface area contributed by atoms with E-state index in [0.717, 1.165) is 25.7 Å². The zero-order valence-corrected chi connectivity index (χ0v) is 11.3. The molecule has 2 aliphatic rings. The average Bonchev–Trinajstić information content (AvgIpc) is 2.61. The summed E-state index contributed by atoms with van der Waals surface area (Å²) in [5, 5.41) is 12.6. The molecule has 1 aliphatic carbocycles. The molecule has 0 aromatic rings. The van der Waals surface area contributed by atoms with Gasteiger partial charge in [0, 0.05) is 6.42 Å². The molecule has 0 aromatic heterocycles. The summed E-state index contributed by atoms with van der Waals surface area (Å²) < 4.78 is 22.6. The van der Waals surface area contributed by atoms with Gasteiger partial charge in [0.2, 0.25) is 5.91 Å². The molecule has 1 amide bonds. The normalized spacial score (nSPS) is 35.3. The quantitative estimate of drug-likeness (QED) is 0.772. The number of rotatable bonds is 3. The first-order chi connectivity index (χ1) is 8.46. The van der Waals surface area contributed by atoms with E-state index in [0.29, 0.717) is 6.42 Å². The molecule has 18 heavy (non-hydrogen) atoms. The first-order valence-electron chi connectivity index (χ1n) is 6.64. The number of aliphatic hydroxyl groups is 1. The van der Waals surface area contributed by atoms with Gasteiger partial charge in [-0.15, -0.1) is 0 Å². The van der Waals surface area contributed by atoms with Crippen LogP contribution < -0.4 is 5.32 Å². The van der Waals surface area contributed by atoms with Gasteiger partial charge < -0.3 is 10.4 Å². The van der Waals surface area contributed by atoms with Crippen LogP contribution in [0.4, 0.5) is 0 Å². The fourth-order valence-corrected chi connectivity index (χ4v) is 4.70. The molecule has 2 N–H and O–H groups in total. The molecule has 1 aliphatic heterocycles. The van der Waals surface area contributed by atoms with Crippen molar-refractivity contribution in [1.29, 1.82) is 0 Å². The highest BCUT2D eigenvalue weighted by Gasteiger charge is 2.31. The van der Waals surface area contributed by atoms with Crippen LogP contribution in [-0.2, 0) is 14.6 Å². The first kappa shape index (κ1) is 13.8. The number of carbonyl (C=O) groups excluding carboxylic acids is 1. The zero-order chi connectivity index (χ0) is 13.2. The summed E-state index contributed by atoms with van der Waals surface area (Å²) in [5.74, 6) is 0.170. The lowest BCUT2D eigenvalue weighted by Crippen LogP contribution is -2.45. The van der Waals surface area contributed by atoms with E-state index in [2.05, 4.69) is 5.32 Å². The molecule has 104 valence electrons. The highest BCUT2D eigenvalue weighted by molar-refractivity contribution is 7.91. The molecule has 1 saturated heterocycles. The molecule has 2 fully saturated rings. The van der Waals surface area contributed by atoms with Gasteiger partial charge in [-0.25, -0.2) is 8.42 Å². The topological polar surface area (TPSA) is 83.5 Å². The Morgan fingerprint density at radius 1 is 1.22 bits per heavy atom. The Morgan fingerprint density at radius 3 is 2.56 bits per heavy atom. The minimum atomic E-state index is -2.91. The Labute approximate surface area is 108 Å². The highest BCUT2D eigenvalue weighted by Crippen LogP contribution is 2.22. The van der Waals surface area contributed by atoms with Crippen molar-refractivity contribution in [3.05, 3.63) is 0 Å². The number of amides is 1. The van der Waals surface area contributed by atoms with Crippen LogP contribution in [-0.4, -0.2) is 43.1 Å². The maximum Gasteiger partial charge on any atom is 0.220 e. The Balaban J connectivity index is 1.78. The second-order valence-corrected chi connectivity index (χ2v) is 7.73. The molecule has 5 nitrogen and oxygen atoms in total. The number of nitrogens with one attached hydrogen (secondary N) is 1. The Bertz CT molecular complexity index is 406. The summed E-state index contributed by atoms with van der Waals surface area (Å²) in [6.07, 6.45) is 3.99. The van der Waals surface area contributed by atoms with Crippen LogP contribution >= 0.6 is 0 Å². The molecule has 0 spiro atoms. The van der Waals surface area contributed by atoms with E-state index in [1.165, 1.54) is 0 Å². The van der Waals surface area contributed by atoms with Crippen molar-refractivity contribution >= 4 is 15.7 Å². The maximum atomic E-state index is 11.8. The van der Waals surface area contributed by atoms with E-state index in [4.69, 9.17) is 0 Å². The minimum absolute atomic E-state index is 0.0456. The van der Waals surface area contributed by atoms with Crippen LogP contribution in [0.15, 0.2) is 0 Å². The lowest BCUT2D eigenvalue weighted by atomic mass is 9.92. The second-order valence-electron chi connectivity index (χ2n) is 5.50. The number of carbonyl (C=O) groups is 1. The lowest BCUT2D eigenvalue weighted by Gasteiger charge is -2.28. The fourth-order valence-electron chi connectivity index (χ4n) is 2.84. The van der Waals surface area contributed by atoms with E-state index in [1.807, 2.05) is 0 Å². The van der Waals surface area contributed by atoms with Crippen molar-refractivity contribution < 1.29 is 18.3 Å². The van der Waals surface area contributed by atoms with Crippen LogP contribution in [0, 0.1) is 5.92 Å². The molecule has 6 heteroatoms. The highest BCUT2D eigenvalue weighted by atomic mass is 32.2. The summed E-state index contributed by atoms with van der Waals surface area (Å²) in [6.45, 7) is 0. The Morgan fingerprint density at radius 2 is 1.94 bits per heavy atom. The molecule has 0 aromatic carbocycles. The SMILES string of the molecule is O=C(CC1CCS(=O)(=O)C1)NC1CCCCC1O. The van der Waals surface area contributed by atoms with Gasteiger partial charge in [0.15, 0.2) is 9.84 Å². The molecule has 0 radical (unpaired) electrons. The zero-order valence-electron chi connectivity index (χ0n) is 10.5. The lowest BCUT2D eigenvalue weighted by molar-refractivity contribution is -0.123. The van der Waals surface area contributed by atoms with Crippen LogP contribution in [0.3, 0.4) is 0 Å². The van der Waals surface area contributed by atoms with Crippen LogP contribution in [0.25, 0.3) is 0 Å². The van der Waals surface area contributed by atoms with E-state index in [9.17, 15) is 18.3 Å². The van der Waals surface area contributed by atoms with E-state index < -0.39 is 15.9 Å². The third-order valence-corrected chi connectivity index (χ3v) is 5.71. The van der Waals surface area contributed by atoms with Crippen molar-refractivity contribution in [3.8, 4) is 0 Å². The molecular weight excluding hydrogens is 254 g/mol. The Hall–Kier alpha value is -0.620. The molecular formula is C12H21NO4S. The van der Waals surface area contributed by atoms with E-state index in [1.54, 1.807) is 0 Å². The molecule has 1 heterocycles. The smallest absolute Gasteiger partial charge is 0.220 e. The van der Waals surface area contributed by atoms with Gasteiger partial charge in [-0.1, -0.05) is 12.8 Å². The third kappa shape index (κ3) is 3.68. The molecule has 3 unspecified atom stereocenters. The largest absolute Gasteiger partial charge is 0.391 e. The van der Waals surface area contributed by atoms with Gasteiger partial charge in [0.25, 0.3) is 0 Å². The van der Waals surface area contributed by atoms with Crippen molar-refractivity contribution in [2.75, 3.05) is 11.5 Å². The van der Waals surface area contributed by atoms with Crippen molar-refractivity contribution in [3.63, 3.8) is 0 Å². The molecule has 3 atom stereocenters. The molecule has 2 rings (SSSR count). The van der Waals surface area contributed by atoms with E-state index in [-0.39, 0.29) is 35.8 Å². The summed E-state index contributed by atoms with van der Waals surface area (Å²) in [4.78, 5) is 11.8. The summed E-state index contributed by atoms with van der Waals surface area (Å²) in [5.41, 5.74) is 0. The van der Waals surface area contributed by atoms with Crippen molar-refractivity contribution in [1.82, 2.24) is 5.32 Å². The summed E-state index contributed by atoms with van der Waals surface area (Å²) in [7, 11) is -2.91. The summed E-state index contributed by atoms with van der Waals surface area (Å²) >= 11 is 0. The summed E-state index contributed by atoms with van der Waals surface area (Å²) in [6, 6.07) is -0.149. The number of hydrogen-bond acceptors (Lipinski definition) is 4. The van der Waals surface area contributed by atoms with E-state index >= 15 is 0 Å². The van der Waals surface area contributed by atoms with Crippen LogP contribution in [0.5, 0.6) is 0 Å². The third-order valence-electron chi connectivity index (χ3n) is 3.88. The number of hydrogen-bond donors (Lipinski definition) is 2. The molecule has 1 saturated carbocycles. The second kappa shape index (κ2) is 5.57. The van der Waals surface area contributed by atoms with Gasteiger partial charge in [-0.05, 0) is 25.2 Å². The average molecular weight is 275 g/mol. The van der Waals surface area contributed by atoms with Gasteiger partial charge in [0.05, 0.1) is 23.7 Å². The van der Waals surface area contributed by atoms with Crippen molar-refractivity contribution in [2.45, 2.75) is 50.7 Å². The molecule has 0 bridgehead atoms. The van der Waals surface area contributed by atoms with Gasteiger partial charge in [-0.2, -0.15) is 0 Å². The van der Waals surface area contributed by atoms with Crippen LogP contribution in [0.2, 0.25) is 0 Å². The van der Waals surface area contributed by atoms with Crippen molar-refractivity contribution in [2.24, 2.45) is 5.92 Å². The van der Waals surface area contributed by atoms with Crippen LogP contribution in [0.1, 0.15) is 38.5 Å². The number of aliphatic hydroxyl groups excluding tert-OH is 1. The van der Waals surface area contributed by atoms with Gasteiger partial charge in [0.1, 0.15) is 0 Å². The predicted molar refractivity (Wildman–Crippen MR) is 67.8 cm³/mol. The minimum Gasteiger partial charge on any atom is -0.391 e. The fraction of sp³-hybridized carbons (Fsp3) is 0.917. The number of sulfone groups is 1. The van der Waals surface area contributed by atoms with Gasteiger partial charge >= 0.3 is 0 Å². The standard InChI is InChI=1S/C12H21NO4S/c14-11-4-2-1-3-10(11)13-12(15)7-9-5-6-18(16,17)8-9/h9-11,14H,1-8H2,(H,13,15). The predicted octanol–water partition coefficient (Wildman–Crippen LogP) is 0.231. The van der Waals surface area contributed by atoms with Gasteiger partial charge in [-0.3, -0.25) is 4.79 Å². The Kier molecular flexibility index (Phi) is 4.27. The first-order valence-corrected chi connectivity index (χ1v) is 8.46. The monoisotopic (exact) mass is 275 g/mol.